The second-order valence-corrected chi connectivity index (χ2v) is 3.46. The van der Waals surface area contributed by atoms with Gasteiger partial charge < -0.3 is 0 Å². The second-order valence-electron chi connectivity index (χ2n) is 3.46. The molecule has 18 heavy (non-hydrogen) atoms. The monoisotopic (exact) mass is 250 g/mol. The fraction of sp³-hybridized carbons (Fsp3) is 0.333. The van der Waals surface area contributed by atoms with Crippen LogP contribution in [0.1, 0.15) is 27.7 Å². The summed E-state index contributed by atoms with van der Waals surface area (Å²) >= 11 is 0. The third-order valence-electron chi connectivity index (χ3n) is 1.99. The molecule has 0 radical (unpaired) electrons. The van der Waals surface area contributed by atoms with Gasteiger partial charge in [-0.2, -0.15) is 10.2 Å². The van der Waals surface area contributed by atoms with Gasteiger partial charge in [0.25, 0.3) is 0 Å². The summed E-state index contributed by atoms with van der Waals surface area (Å²) in [6.07, 6.45) is 6.52. The Hall–Kier alpha value is -2.24. The molecule has 98 valence electrons. The Morgan fingerprint density at radius 3 is 1.44 bits per heavy atom. The molecule has 0 unspecified atom stereocenters. The Bertz CT molecular complexity index is 380. The molecule has 0 bridgehead atoms. The molecule has 0 heterocycles. The Morgan fingerprint density at radius 2 is 1.17 bits per heavy atom. The molecule has 0 spiro atoms. The number of nitrogens with zero attached hydrogens (tertiary/aromatic N) is 2. The molecule has 0 atom stereocenters. The number of carbonyl (C=O) groups excluding carboxylic acids is 2. The SMILES string of the molecule is C/C=C(C)\C=N\NC(=O)C(=O)N/N=C/C(C)=C\C. The average molecular weight is 250 g/mol. The lowest BCUT2D eigenvalue weighted by atomic mass is 10.3. The molecule has 0 aliphatic rings. The van der Waals surface area contributed by atoms with Crippen LogP contribution >= 0.6 is 0 Å². The first-order valence-electron chi connectivity index (χ1n) is 5.43. The molecule has 0 aliphatic heterocycles. The lowest BCUT2D eigenvalue weighted by molar-refractivity contribution is -0.139. The fourth-order valence-electron chi connectivity index (χ4n) is 0.636. The van der Waals surface area contributed by atoms with Crippen molar-refractivity contribution in [1.82, 2.24) is 10.9 Å². The quantitative estimate of drug-likeness (QED) is 0.445. The van der Waals surface area contributed by atoms with Crippen LogP contribution in [-0.2, 0) is 9.59 Å². The van der Waals surface area contributed by atoms with E-state index in [1.165, 1.54) is 12.4 Å². The standard InChI is InChI=1S/C12H18N4O2/c1-5-9(3)7-13-15-11(17)12(18)16-14-8-10(4)6-2/h5-8H,1-4H3,(H,15,17)(H,16,18)/b9-5-,10-6-,13-7+,14-8+. The molecule has 0 aromatic rings. The van der Waals surface area contributed by atoms with E-state index < -0.39 is 11.8 Å². The predicted molar refractivity (Wildman–Crippen MR) is 72.1 cm³/mol. The van der Waals surface area contributed by atoms with Crippen molar-refractivity contribution in [3.05, 3.63) is 23.3 Å². The average Bonchev–Trinajstić information content (AvgIpc) is 2.37. The summed E-state index contributed by atoms with van der Waals surface area (Å²) in [4.78, 5) is 22.4. The molecule has 6 heteroatoms. The van der Waals surface area contributed by atoms with Gasteiger partial charge in [0, 0.05) is 12.4 Å². The number of hydrogen-bond donors (Lipinski definition) is 2. The highest BCUT2D eigenvalue weighted by Gasteiger charge is 2.10. The lowest BCUT2D eigenvalue weighted by Crippen LogP contribution is -2.35. The van der Waals surface area contributed by atoms with Crippen LogP contribution in [0, 0.1) is 0 Å². The summed E-state index contributed by atoms with van der Waals surface area (Å²) in [6.45, 7) is 7.32. The molecule has 0 fully saturated rings. The summed E-state index contributed by atoms with van der Waals surface area (Å²) in [5, 5.41) is 7.21. The lowest BCUT2D eigenvalue weighted by Gasteiger charge is -1.97. The van der Waals surface area contributed by atoms with Crippen LogP contribution < -0.4 is 10.9 Å². The maximum absolute atomic E-state index is 11.2. The zero-order chi connectivity index (χ0) is 14.0. The molecule has 2 amide bonds. The van der Waals surface area contributed by atoms with E-state index in [4.69, 9.17) is 0 Å². The minimum atomic E-state index is -0.870. The summed E-state index contributed by atoms with van der Waals surface area (Å²) in [5.41, 5.74) is 5.92. The van der Waals surface area contributed by atoms with Crippen molar-refractivity contribution in [3.63, 3.8) is 0 Å². The van der Waals surface area contributed by atoms with Gasteiger partial charge in [0.15, 0.2) is 0 Å². The van der Waals surface area contributed by atoms with Gasteiger partial charge in [0.2, 0.25) is 0 Å². The highest BCUT2D eigenvalue weighted by molar-refractivity contribution is 6.35. The largest absolute Gasteiger partial charge is 0.331 e. The molecule has 0 aromatic carbocycles. The summed E-state index contributed by atoms with van der Waals surface area (Å²) in [7, 11) is 0. The van der Waals surface area contributed by atoms with Crippen molar-refractivity contribution < 1.29 is 9.59 Å². The molecule has 2 N–H and O–H groups in total. The van der Waals surface area contributed by atoms with Crippen LogP contribution in [0.2, 0.25) is 0 Å². The van der Waals surface area contributed by atoms with Gasteiger partial charge in [-0.25, -0.2) is 10.9 Å². The van der Waals surface area contributed by atoms with E-state index >= 15 is 0 Å². The number of hydrogen-bond acceptors (Lipinski definition) is 4. The fourth-order valence-corrected chi connectivity index (χ4v) is 0.636. The van der Waals surface area contributed by atoms with Crippen LogP contribution in [0.15, 0.2) is 33.5 Å². The maximum Gasteiger partial charge on any atom is 0.331 e. The predicted octanol–water partition coefficient (Wildman–Crippen LogP) is 1.12. The second kappa shape index (κ2) is 8.86. The Balaban J connectivity index is 4.17. The highest BCUT2D eigenvalue weighted by Crippen LogP contribution is 1.85. The van der Waals surface area contributed by atoms with Crippen molar-refractivity contribution in [2.75, 3.05) is 0 Å². The topological polar surface area (TPSA) is 82.9 Å². The number of amides is 2. The van der Waals surface area contributed by atoms with E-state index in [0.717, 1.165) is 11.1 Å². The molecule has 0 saturated carbocycles. The molecule has 6 nitrogen and oxygen atoms in total. The third-order valence-corrected chi connectivity index (χ3v) is 1.99. The van der Waals surface area contributed by atoms with Gasteiger partial charge in [-0.3, -0.25) is 9.59 Å². The Morgan fingerprint density at radius 1 is 0.833 bits per heavy atom. The van der Waals surface area contributed by atoms with Gasteiger partial charge in [-0.15, -0.1) is 0 Å². The van der Waals surface area contributed by atoms with Gasteiger partial charge in [0.1, 0.15) is 0 Å². The van der Waals surface area contributed by atoms with Crippen molar-refractivity contribution in [3.8, 4) is 0 Å². The van der Waals surface area contributed by atoms with Crippen molar-refractivity contribution in [2.24, 2.45) is 10.2 Å². The Labute approximate surface area is 107 Å². The first kappa shape index (κ1) is 15.8. The van der Waals surface area contributed by atoms with Crippen LogP contribution in [0.4, 0.5) is 0 Å². The van der Waals surface area contributed by atoms with Crippen LogP contribution in [0.3, 0.4) is 0 Å². The summed E-state index contributed by atoms with van der Waals surface area (Å²) in [5.74, 6) is -1.74. The van der Waals surface area contributed by atoms with E-state index in [1.807, 2.05) is 39.8 Å². The minimum Gasteiger partial charge on any atom is -0.262 e. The number of carbonyl (C=O) groups is 2. The molecule has 0 aliphatic carbocycles. The van der Waals surface area contributed by atoms with E-state index in [1.54, 1.807) is 0 Å². The highest BCUT2D eigenvalue weighted by atomic mass is 16.2. The smallest absolute Gasteiger partial charge is 0.262 e. The minimum absolute atomic E-state index is 0.870. The van der Waals surface area contributed by atoms with E-state index in [0.29, 0.717) is 0 Å². The zero-order valence-corrected chi connectivity index (χ0v) is 11.0. The number of allylic oxidation sites excluding steroid dienone is 4. The maximum atomic E-state index is 11.2. The van der Waals surface area contributed by atoms with Crippen molar-refractivity contribution in [1.29, 1.82) is 0 Å². The van der Waals surface area contributed by atoms with Crippen LogP contribution in [0.25, 0.3) is 0 Å². The zero-order valence-electron chi connectivity index (χ0n) is 11.0. The van der Waals surface area contributed by atoms with Gasteiger partial charge in [-0.1, -0.05) is 12.2 Å². The van der Waals surface area contributed by atoms with E-state index in [-0.39, 0.29) is 0 Å². The molecular weight excluding hydrogens is 232 g/mol. The normalized spacial score (nSPS) is 13.1. The van der Waals surface area contributed by atoms with Crippen LogP contribution in [0.5, 0.6) is 0 Å². The van der Waals surface area contributed by atoms with Crippen molar-refractivity contribution in [2.45, 2.75) is 27.7 Å². The van der Waals surface area contributed by atoms with Crippen molar-refractivity contribution >= 4 is 24.2 Å². The Kier molecular flexibility index (Phi) is 7.76. The summed E-state index contributed by atoms with van der Waals surface area (Å²) < 4.78 is 0. The van der Waals surface area contributed by atoms with Gasteiger partial charge >= 0.3 is 11.8 Å². The molecular formula is C12H18N4O2. The summed E-state index contributed by atoms with van der Waals surface area (Å²) in [6, 6.07) is 0. The molecule has 0 aromatic heterocycles. The van der Waals surface area contributed by atoms with E-state index in [9.17, 15) is 9.59 Å². The third kappa shape index (κ3) is 7.10. The number of nitrogens with one attached hydrogen (secondary N) is 2. The number of hydrazone groups is 2. The molecule has 0 rings (SSSR count). The van der Waals surface area contributed by atoms with Gasteiger partial charge in [0.05, 0.1) is 0 Å². The van der Waals surface area contributed by atoms with Crippen LogP contribution in [-0.4, -0.2) is 24.2 Å². The number of rotatable bonds is 4. The van der Waals surface area contributed by atoms with E-state index in [2.05, 4.69) is 21.1 Å². The first-order valence-corrected chi connectivity index (χ1v) is 5.43. The molecule has 0 saturated heterocycles. The van der Waals surface area contributed by atoms with Gasteiger partial charge in [-0.05, 0) is 38.8 Å². The first-order chi connectivity index (χ1) is 8.51.